The van der Waals surface area contributed by atoms with Gasteiger partial charge in [-0.2, -0.15) is 0 Å². The first-order valence-corrected chi connectivity index (χ1v) is 7.17. The summed E-state index contributed by atoms with van der Waals surface area (Å²) in [6, 6.07) is 5.84. The zero-order valence-electron chi connectivity index (χ0n) is 11.0. The van der Waals surface area contributed by atoms with Crippen LogP contribution < -0.4 is 10.5 Å². The van der Waals surface area contributed by atoms with Crippen LogP contribution in [-0.4, -0.2) is 13.7 Å². The first kappa shape index (κ1) is 13.7. The van der Waals surface area contributed by atoms with Gasteiger partial charge in [-0.05, 0) is 43.5 Å². The maximum atomic E-state index is 6.12. The average molecular weight is 268 g/mol. The predicted octanol–water partition coefficient (Wildman–Crippen LogP) is 3.97. The molecular weight excluding hydrogens is 246 g/mol. The largest absolute Gasteiger partial charge is 0.496 e. The van der Waals surface area contributed by atoms with Crippen LogP contribution in [0, 0.1) is 5.92 Å². The SMILES string of the molecule is COc1ccc(Cl)cc1C(CN)C1CCCCC1. The van der Waals surface area contributed by atoms with Gasteiger partial charge in [0.2, 0.25) is 0 Å². The van der Waals surface area contributed by atoms with Crippen LogP contribution in [0.4, 0.5) is 0 Å². The van der Waals surface area contributed by atoms with Crippen LogP contribution >= 0.6 is 11.6 Å². The van der Waals surface area contributed by atoms with Gasteiger partial charge in [-0.25, -0.2) is 0 Å². The number of halogens is 1. The Labute approximate surface area is 114 Å². The molecule has 1 aromatic carbocycles. The van der Waals surface area contributed by atoms with Crippen molar-refractivity contribution in [1.29, 1.82) is 0 Å². The summed E-state index contributed by atoms with van der Waals surface area (Å²) in [6.07, 6.45) is 6.56. The fraction of sp³-hybridized carbons (Fsp3) is 0.600. The third-order valence-corrected chi connectivity index (χ3v) is 4.30. The molecule has 0 amide bonds. The minimum absolute atomic E-state index is 0.374. The Morgan fingerprint density at radius 1 is 1.33 bits per heavy atom. The lowest BCUT2D eigenvalue weighted by Crippen LogP contribution is -2.24. The van der Waals surface area contributed by atoms with Crippen molar-refractivity contribution in [2.75, 3.05) is 13.7 Å². The first-order chi connectivity index (χ1) is 8.76. The molecule has 100 valence electrons. The van der Waals surface area contributed by atoms with Gasteiger partial charge >= 0.3 is 0 Å². The zero-order chi connectivity index (χ0) is 13.0. The van der Waals surface area contributed by atoms with Crippen molar-refractivity contribution in [1.82, 2.24) is 0 Å². The number of methoxy groups -OCH3 is 1. The average Bonchev–Trinajstić information content (AvgIpc) is 2.41. The molecule has 1 fully saturated rings. The maximum absolute atomic E-state index is 6.12. The van der Waals surface area contributed by atoms with Crippen molar-refractivity contribution in [2.24, 2.45) is 11.7 Å². The Hall–Kier alpha value is -0.730. The molecule has 3 heteroatoms. The minimum atomic E-state index is 0.374. The van der Waals surface area contributed by atoms with Crippen molar-refractivity contribution in [3.63, 3.8) is 0 Å². The highest BCUT2D eigenvalue weighted by atomic mass is 35.5. The normalized spacial score (nSPS) is 18.6. The second-order valence-electron chi connectivity index (χ2n) is 5.13. The summed E-state index contributed by atoms with van der Waals surface area (Å²) < 4.78 is 5.46. The molecule has 1 unspecified atom stereocenters. The van der Waals surface area contributed by atoms with E-state index in [0.29, 0.717) is 18.4 Å². The Bertz CT molecular complexity index is 388. The molecule has 0 aliphatic heterocycles. The van der Waals surface area contributed by atoms with Crippen LogP contribution in [0.15, 0.2) is 18.2 Å². The van der Waals surface area contributed by atoms with Crippen molar-refractivity contribution in [3.05, 3.63) is 28.8 Å². The van der Waals surface area contributed by atoms with E-state index in [0.717, 1.165) is 10.8 Å². The highest BCUT2D eigenvalue weighted by Gasteiger charge is 2.26. The van der Waals surface area contributed by atoms with Crippen LogP contribution in [0.1, 0.15) is 43.6 Å². The van der Waals surface area contributed by atoms with Crippen molar-refractivity contribution < 1.29 is 4.74 Å². The molecule has 0 radical (unpaired) electrons. The number of ether oxygens (including phenoxy) is 1. The van der Waals surface area contributed by atoms with Crippen LogP contribution in [0.2, 0.25) is 5.02 Å². The van der Waals surface area contributed by atoms with Gasteiger partial charge in [-0.1, -0.05) is 30.9 Å². The number of rotatable bonds is 4. The molecule has 2 nitrogen and oxygen atoms in total. The van der Waals surface area contributed by atoms with Crippen LogP contribution in [0.3, 0.4) is 0 Å². The smallest absolute Gasteiger partial charge is 0.122 e. The van der Waals surface area contributed by atoms with Gasteiger partial charge < -0.3 is 10.5 Å². The summed E-state index contributed by atoms with van der Waals surface area (Å²) in [4.78, 5) is 0. The summed E-state index contributed by atoms with van der Waals surface area (Å²) in [5.41, 5.74) is 7.19. The first-order valence-electron chi connectivity index (χ1n) is 6.79. The van der Waals surface area contributed by atoms with Gasteiger partial charge in [0.1, 0.15) is 5.75 Å². The second-order valence-corrected chi connectivity index (χ2v) is 5.56. The number of benzene rings is 1. The Morgan fingerprint density at radius 3 is 2.67 bits per heavy atom. The molecule has 0 saturated heterocycles. The van der Waals surface area contributed by atoms with E-state index in [9.17, 15) is 0 Å². The fourth-order valence-corrected chi connectivity index (χ4v) is 3.29. The van der Waals surface area contributed by atoms with Crippen LogP contribution in [0.25, 0.3) is 0 Å². The quantitative estimate of drug-likeness (QED) is 0.896. The molecule has 1 aromatic rings. The third-order valence-electron chi connectivity index (χ3n) is 4.06. The molecule has 2 N–H and O–H groups in total. The van der Waals surface area contributed by atoms with E-state index in [1.165, 1.54) is 37.7 Å². The van der Waals surface area contributed by atoms with E-state index in [-0.39, 0.29) is 0 Å². The Balaban J connectivity index is 2.27. The van der Waals surface area contributed by atoms with Crippen LogP contribution in [0.5, 0.6) is 5.75 Å². The Morgan fingerprint density at radius 2 is 2.06 bits per heavy atom. The Kier molecular flexibility index (Phi) is 4.90. The number of hydrogen-bond donors (Lipinski definition) is 1. The van der Waals surface area contributed by atoms with Gasteiger partial charge in [0.05, 0.1) is 7.11 Å². The standard InChI is InChI=1S/C15H22ClNO/c1-18-15-8-7-12(16)9-13(15)14(10-17)11-5-3-2-4-6-11/h7-9,11,14H,2-6,10,17H2,1H3. The van der Waals surface area contributed by atoms with E-state index in [4.69, 9.17) is 22.1 Å². The summed E-state index contributed by atoms with van der Waals surface area (Å²) in [5.74, 6) is 1.97. The molecule has 0 heterocycles. The maximum Gasteiger partial charge on any atom is 0.122 e. The molecule has 0 spiro atoms. The van der Waals surface area contributed by atoms with Crippen LogP contribution in [-0.2, 0) is 0 Å². The molecule has 18 heavy (non-hydrogen) atoms. The van der Waals surface area contributed by atoms with Crippen molar-refractivity contribution >= 4 is 11.6 Å². The molecule has 1 atom stereocenters. The van der Waals surface area contributed by atoms with Gasteiger partial charge in [-0.3, -0.25) is 0 Å². The van der Waals surface area contributed by atoms with Gasteiger partial charge in [-0.15, -0.1) is 0 Å². The second kappa shape index (κ2) is 6.44. The van der Waals surface area contributed by atoms with E-state index in [1.54, 1.807) is 7.11 Å². The van der Waals surface area contributed by atoms with E-state index in [1.807, 2.05) is 18.2 Å². The molecule has 0 aromatic heterocycles. The lowest BCUT2D eigenvalue weighted by atomic mass is 9.76. The summed E-state index contributed by atoms with van der Waals surface area (Å²) in [5, 5.41) is 0.764. The third kappa shape index (κ3) is 2.99. The lowest BCUT2D eigenvalue weighted by molar-refractivity contribution is 0.300. The van der Waals surface area contributed by atoms with Gasteiger partial charge in [0, 0.05) is 16.5 Å². The number of nitrogens with two attached hydrogens (primary N) is 1. The monoisotopic (exact) mass is 267 g/mol. The predicted molar refractivity (Wildman–Crippen MR) is 76.4 cm³/mol. The molecule has 1 saturated carbocycles. The summed E-state index contributed by atoms with van der Waals surface area (Å²) in [7, 11) is 1.71. The number of hydrogen-bond acceptors (Lipinski definition) is 2. The van der Waals surface area contributed by atoms with E-state index >= 15 is 0 Å². The van der Waals surface area contributed by atoms with Gasteiger partial charge in [0.25, 0.3) is 0 Å². The zero-order valence-corrected chi connectivity index (χ0v) is 11.7. The summed E-state index contributed by atoms with van der Waals surface area (Å²) in [6.45, 7) is 0.668. The summed E-state index contributed by atoms with van der Waals surface area (Å²) >= 11 is 6.12. The van der Waals surface area contributed by atoms with Crippen molar-refractivity contribution in [3.8, 4) is 5.75 Å². The lowest BCUT2D eigenvalue weighted by Gasteiger charge is -2.30. The highest BCUT2D eigenvalue weighted by molar-refractivity contribution is 6.30. The molecule has 0 bridgehead atoms. The molecular formula is C15H22ClNO. The fourth-order valence-electron chi connectivity index (χ4n) is 3.10. The van der Waals surface area contributed by atoms with E-state index < -0.39 is 0 Å². The van der Waals surface area contributed by atoms with Crippen molar-refractivity contribution in [2.45, 2.75) is 38.0 Å². The van der Waals surface area contributed by atoms with E-state index in [2.05, 4.69) is 0 Å². The molecule has 2 rings (SSSR count). The molecule has 1 aliphatic rings. The topological polar surface area (TPSA) is 35.2 Å². The minimum Gasteiger partial charge on any atom is -0.496 e. The highest BCUT2D eigenvalue weighted by Crippen LogP contribution is 2.39. The van der Waals surface area contributed by atoms with Gasteiger partial charge in [0.15, 0.2) is 0 Å². The molecule has 1 aliphatic carbocycles.